The van der Waals surface area contributed by atoms with Crippen LogP contribution in [0.15, 0.2) is 10.2 Å². The molecular weight excluding hydrogens is 216 g/mol. The van der Waals surface area contributed by atoms with Crippen LogP contribution in [0.4, 0.5) is 9.59 Å². The first-order valence-electron chi connectivity index (χ1n) is 4.85. The standard InChI is InChI=1S/C8H16N2O4Si/c1-4-5-15-14-8(12)10-9-7(11)13-6(2)3/h6H,4-5,15H2,1-3H3/b10-9+. The fraction of sp³-hybridized carbons (Fsp3) is 0.750. The highest BCUT2D eigenvalue weighted by Gasteiger charge is 2.05. The highest BCUT2D eigenvalue weighted by Crippen LogP contribution is 1.95. The van der Waals surface area contributed by atoms with Crippen LogP contribution in [-0.4, -0.2) is 28.1 Å². The summed E-state index contributed by atoms with van der Waals surface area (Å²) in [4.78, 5) is 21.7. The molecule has 0 aromatic rings. The molecule has 86 valence electrons. The van der Waals surface area contributed by atoms with E-state index in [0.29, 0.717) is 0 Å². The van der Waals surface area contributed by atoms with Crippen molar-refractivity contribution in [1.82, 2.24) is 0 Å². The molecule has 0 aromatic carbocycles. The number of amides is 2. The lowest BCUT2D eigenvalue weighted by molar-refractivity contribution is 0.123. The van der Waals surface area contributed by atoms with Gasteiger partial charge in [0, 0.05) is 0 Å². The maximum Gasteiger partial charge on any atom is 0.452 e. The first kappa shape index (κ1) is 13.8. The van der Waals surface area contributed by atoms with Gasteiger partial charge in [0.2, 0.25) is 9.76 Å². The third kappa shape index (κ3) is 9.07. The number of rotatable bonds is 4. The molecule has 2 amide bonds. The zero-order valence-corrected chi connectivity index (χ0v) is 10.6. The average Bonchev–Trinajstić information content (AvgIpc) is 2.14. The lowest BCUT2D eigenvalue weighted by Gasteiger charge is -2.02. The highest BCUT2D eigenvalue weighted by atomic mass is 28.2. The summed E-state index contributed by atoms with van der Waals surface area (Å²) in [5, 5.41) is 6.13. The van der Waals surface area contributed by atoms with Gasteiger partial charge in [-0.2, -0.15) is 0 Å². The van der Waals surface area contributed by atoms with Gasteiger partial charge < -0.3 is 9.16 Å². The number of carbonyl (C=O) groups excluding carboxylic acids is 2. The van der Waals surface area contributed by atoms with Crippen molar-refractivity contribution in [2.75, 3.05) is 0 Å². The molecule has 15 heavy (non-hydrogen) atoms. The van der Waals surface area contributed by atoms with E-state index in [-0.39, 0.29) is 6.10 Å². The second-order valence-corrected chi connectivity index (χ2v) is 4.50. The topological polar surface area (TPSA) is 77.3 Å². The van der Waals surface area contributed by atoms with Crippen molar-refractivity contribution in [3.63, 3.8) is 0 Å². The molecular formula is C8H16N2O4Si. The van der Waals surface area contributed by atoms with E-state index in [1.165, 1.54) is 0 Å². The number of carbonyl (C=O) groups is 2. The first-order chi connectivity index (χ1) is 7.06. The van der Waals surface area contributed by atoms with Crippen molar-refractivity contribution in [3.8, 4) is 0 Å². The van der Waals surface area contributed by atoms with Gasteiger partial charge in [-0.1, -0.05) is 23.6 Å². The van der Waals surface area contributed by atoms with Crippen molar-refractivity contribution in [1.29, 1.82) is 0 Å². The third-order valence-corrected chi connectivity index (χ3v) is 2.72. The molecule has 0 aliphatic heterocycles. The maximum absolute atomic E-state index is 10.9. The zero-order valence-electron chi connectivity index (χ0n) is 9.23. The summed E-state index contributed by atoms with van der Waals surface area (Å²) < 4.78 is 9.40. The third-order valence-electron chi connectivity index (χ3n) is 1.27. The molecule has 0 atom stereocenters. The number of azo groups is 1. The molecule has 0 heterocycles. The molecule has 0 bridgehead atoms. The Kier molecular flexibility index (Phi) is 7.43. The minimum atomic E-state index is -0.876. The zero-order chi connectivity index (χ0) is 11.7. The Morgan fingerprint density at radius 2 is 1.87 bits per heavy atom. The van der Waals surface area contributed by atoms with Crippen molar-refractivity contribution in [2.24, 2.45) is 10.2 Å². The summed E-state index contributed by atoms with van der Waals surface area (Å²) in [7, 11) is -0.858. The van der Waals surface area contributed by atoms with Gasteiger partial charge in [-0.15, -0.1) is 0 Å². The van der Waals surface area contributed by atoms with Gasteiger partial charge in [-0.25, -0.2) is 9.59 Å². The van der Waals surface area contributed by atoms with Crippen LogP contribution in [0.1, 0.15) is 27.2 Å². The van der Waals surface area contributed by atoms with Gasteiger partial charge in [0.1, 0.15) is 0 Å². The Bertz CT molecular complexity index is 243. The van der Waals surface area contributed by atoms with E-state index in [4.69, 9.17) is 4.43 Å². The molecule has 7 heteroatoms. The van der Waals surface area contributed by atoms with Crippen LogP contribution in [0.2, 0.25) is 6.04 Å². The second kappa shape index (κ2) is 8.10. The molecule has 0 unspecified atom stereocenters. The molecule has 0 aliphatic carbocycles. The van der Waals surface area contributed by atoms with Crippen molar-refractivity contribution in [3.05, 3.63) is 0 Å². The quantitative estimate of drug-likeness (QED) is 0.422. The molecule has 0 rings (SSSR count). The van der Waals surface area contributed by atoms with Crippen LogP contribution in [-0.2, 0) is 9.16 Å². The minimum Gasteiger partial charge on any atom is -0.507 e. The Morgan fingerprint density at radius 1 is 1.27 bits per heavy atom. The summed E-state index contributed by atoms with van der Waals surface area (Å²) in [5.74, 6) is 0. The molecule has 0 saturated heterocycles. The number of hydrogen-bond acceptors (Lipinski definition) is 4. The summed E-state index contributed by atoms with van der Waals surface area (Å²) in [6, 6.07) is 0.900. The van der Waals surface area contributed by atoms with Crippen LogP contribution < -0.4 is 0 Å². The van der Waals surface area contributed by atoms with Crippen LogP contribution in [0.3, 0.4) is 0 Å². The smallest absolute Gasteiger partial charge is 0.452 e. The van der Waals surface area contributed by atoms with Gasteiger partial charge in [-0.05, 0) is 19.9 Å². The van der Waals surface area contributed by atoms with E-state index < -0.39 is 21.9 Å². The van der Waals surface area contributed by atoms with Gasteiger partial charge >= 0.3 is 12.2 Å². The monoisotopic (exact) mass is 232 g/mol. The van der Waals surface area contributed by atoms with E-state index in [9.17, 15) is 9.59 Å². The summed E-state index contributed by atoms with van der Waals surface area (Å²) in [6.07, 6.45) is -0.983. The number of ether oxygens (including phenoxy) is 1. The summed E-state index contributed by atoms with van der Waals surface area (Å²) in [6.45, 7) is 5.36. The van der Waals surface area contributed by atoms with Crippen LogP contribution in [0.25, 0.3) is 0 Å². The minimum absolute atomic E-state index is 0.276. The second-order valence-electron chi connectivity index (χ2n) is 3.10. The molecule has 0 fully saturated rings. The summed E-state index contributed by atoms with van der Waals surface area (Å²) >= 11 is 0. The average molecular weight is 232 g/mol. The first-order valence-corrected chi connectivity index (χ1v) is 6.43. The fourth-order valence-corrected chi connectivity index (χ4v) is 1.30. The maximum atomic E-state index is 10.9. The van der Waals surface area contributed by atoms with E-state index in [2.05, 4.69) is 15.0 Å². The molecule has 0 spiro atoms. The van der Waals surface area contributed by atoms with Gasteiger partial charge in [0.25, 0.3) is 0 Å². The molecule has 0 saturated carbocycles. The van der Waals surface area contributed by atoms with Crippen LogP contribution >= 0.6 is 0 Å². The molecule has 0 aliphatic rings. The SMILES string of the molecule is CCC[SiH2]OC(=O)/N=N/C(=O)OC(C)C. The predicted octanol–water partition coefficient (Wildman–Crippen LogP) is 2.03. The van der Waals surface area contributed by atoms with E-state index in [0.717, 1.165) is 12.5 Å². The van der Waals surface area contributed by atoms with Crippen molar-refractivity contribution >= 4 is 21.9 Å². The molecule has 6 nitrogen and oxygen atoms in total. The van der Waals surface area contributed by atoms with Crippen LogP contribution in [0.5, 0.6) is 0 Å². The molecule has 0 N–H and O–H groups in total. The predicted molar refractivity (Wildman–Crippen MR) is 56.6 cm³/mol. The summed E-state index contributed by atoms with van der Waals surface area (Å²) in [5.41, 5.74) is 0. The van der Waals surface area contributed by atoms with Gasteiger partial charge in [0.15, 0.2) is 0 Å². The molecule has 0 aromatic heterocycles. The van der Waals surface area contributed by atoms with Crippen LogP contribution in [0, 0.1) is 0 Å². The fourth-order valence-electron chi connectivity index (χ4n) is 0.640. The number of nitrogens with zero attached hydrogens (tertiary/aromatic N) is 2. The Labute approximate surface area is 91.0 Å². The molecule has 0 radical (unpaired) electrons. The lowest BCUT2D eigenvalue weighted by atomic mass is 10.5. The lowest BCUT2D eigenvalue weighted by Crippen LogP contribution is -2.08. The van der Waals surface area contributed by atoms with E-state index in [1.54, 1.807) is 13.8 Å². The van der Waals surface area contributed by atoms with Crippen molar-refractivity contribution < 1.29 is 18.8 Å². The van der Waals surface area contributed by atoms with Crippen molar-refractivity contribution in [2.45, 2.75) is 39.3 Å². The highest BCUT2D eigenvalue weighted by molar-refractivity contribution is 6.30. The Balaban J connectivity index is 3.74. The van der Waals surface area contributed by atoms with E-state index in [1.807, 2.05) is 6.92 Å². The normalized spacial score (nSPS) is 11.5. The Hall–Kier alpha value is -1.24. The van der Waals surface area contributed by atoms with E-state index >= 15 is 0 Å². The van der Waals surface area contributed by atoms with Gasteiger partial charge in [-0.3, -0.25) is 0 Å². The Morgan fingerprint density at radius 3 is 2.40 bits per heavy atom. The number of hydrogen-bond donors (Lipinski definition) is 0. The van der Waals surface area contributed by atoms with Gasteiger partial charge in [0.05, 0.1) is 6.10 Å². The largest absolute Gasteiger partial charge is 0.507 e.